The summed E-state index contributed by atoms with van der Waals surface area (Å²) in [6.07, 6.45) is 5.89. The van der Waals surface area contributed by atoms with Gasteiger partial charge in [-0.1, -0.05) is 19.1 Å². The van der Waals surface area contributed by atoms with Crippen molar-refractivity contribution in [2.45, 2.75) is 46.2 Å². The topological polar surface area (TPSA) is 60.0 Å². The maximum absolute atomic E-state index is 5.51. The van der Waals surface area contributed by atoms with Crippen molar-refractivity contribution < 1.29 is 0 Å². The Morgan fingerprint density at radius 2 is 2.17 bits per heavy atom. The molecule has 1 aromatic heterocycles. The number of hydrogen-bond donors (Lipinski definition) is 1. The Labute approximate surface area is 109 Å². The Kier molecular flexibility index (Phi) is 4.35. The van der Waals surface area contributed by atoms with Gasteiger partial charge in [-0.2, -0.15) is 0 Å². The minimum atomic E-state index is 0.492. The second kappa shape index (κ2) is 5.80. The largest absolute Gasteiger partial charge is 0.329 e. The molecule has 1 fully saturated rings. The van der Waals surface area contributed by atoms with Crippen molar-refractivity contribution in [1.82, 2.24) is 19.9 Å². The molecule has 1 aliphatic rings. The second-order valence-electron chi connectivity index (χ2n) is 6.06. The van der Waals surface area contributed by atoms with E-state index in [0.717, 1.165) is 25.3 Å². The third-order valence-corrected chi connectivity index (χ3v) is 3.76. The highest BCUT2D eigenvalue weighted by atomic mass is 15.4. The van der Waals surface area contributed by atoms with Gasteiger partial charge in [-0.25, -0.2) is 0 Å². The maximum atomic E-state index is 5.51. The number of aromatic nitrogens is 3. The van der Waals surface area contributed by atoms with E-state index < -0.39 is 0 Å². The van der Waals surface area contributed by atoms with Crippen molar-refractivity contribution in [1.29, 1.82) is 0 Å². The molecule has 18 heavy (non-hydrogen) atoms. The second-order valence-corrected chi connectivity index (χ2v) is 6.06. The van der Waals surface area contributed by atoms with Gasteiger partial charge in [0, 0.05) is 19.3 Å². The van der Waals surface area contributed by atoms with Gasteiger partial charge in [0.2, 0.25) is 0 Å². The molecule has 1 saturated heterocycles. The molecule has 0 radical (unpaired) electrons. The molecule has 2 rings (SSSR count). The van der Waals surface area contributed by atoms with Crippen LogP contribution >= 0.6 is 0 Å². The predicted octanol–water partition coefficient (Wildman–Crippen LogP) is 1.25. The monoisotopic (exact) mass is 251 g/mol. The Hall–Kier alpha value is -0.940. The number of likely N-dealkylation sites (tertiary alicyclic amines) is 1. The Morgan fingerprint density at radius 3 is 2.94 bits per heavy atom. The summed E-state index contributed by atoms with van der Waals surface area (Å²) >= 11 is 0. The van der Waals surface area contributed by atoms with Crippen molar-refractivity contribution in [3.63, 3.8) is 0 Å². The van der Waals surface area contributed by atoms with E-state index in [2.05, 4.69) is 29.1 Å². The Bertz CT molecular complexity index is 371. The van der Waals surface area contributed by atoms with Crippen LogP contribution in [0.15, 0.2) is 6.20 Å². The molecule has 5 heteroatoms. The standard InChI is InChI=1S/C13H25N5/c1-13(2)4-3-7-17(8-5-13)10-12-11-18(9-6-14)16-15-12/h11H,3-10,14H2,1-2H3. The van der Waals surface area contributed by atoms with Crippen molar-refractivity contribution >= 4 is 0 Å². The molecule has 0 unspecified atom stereocenters. The lowest BCUT2D eigenvalue weighted by atomic mass is 9.85. The quantitative estimate of drug-likeness (QED) is 0.875. The first kappa shape index (κ1) is 13.5. The van der Waals surface area contributed by atoms with Gasteiger partial charge in [0.15, 0.2) is 0 Å². The van der Waals surface area contributed by atoms with Gasteiger partial charge in [0.25, 0.3) is 0 Å². The Balaban J connectivity index is 1.88. The van der Waals surface area contributed by atoms with E-state index in [9.17, 15) is 0 Å². The number of rotatable bonds is 4. The predicted molar refractivity (Wildman–Crippen MR) is 72.0 cm³/mol. The third kappa shape index (κ3) is 3.78. The smallest absolute Gasteiger partial charge is 0.0967 e. The molecule has 2 heterocycles. The zero-order valence-electron chi connectivity index (χ0n) is 11.6. The fraction of sp³-hybridized carbons (Fsp3) is 0.846. The van der Waals surface area contributed by atoms with Crippen LogP contribution in [-0.2, 0) is 13.1 Å². The molecule has 0 bridgehead atoms. The molecule has 102 valence electrons. The van der Waals surface area contributed by atoms with Crippen molar-refractivity contribution in [2.24, 2.45) is 11.1 Å². The first-order valence-corrected chi connectivity index (χ1v) is 6.90. The zero-order valence-corrected chi connectivity index (χ0v) is 11.6. The number of nitrogens with zero attached hydrogens (tertiary/aromatic N) is 4. The van der Waals surface area contributed by atoms with E-state index in [1.807, 2.05) is 10.9 Å². The molecule has 1 aliphatic heterocycles. The van der Waals surface area contributed by atoms with Crippen LogP contribution in [0, 0.1) is 5.41 Å². The first-order valence-electron chi connectivity index (χ1n) is 6.90. The summed E-state index contributed by atoms with van der Waals surface area (Å²) in [6.45, 7) is 9.35. The molecular weight excluding hydrogens is 226 g/mol. The minimum Gasteiger partial charge on any atom is -0.329 e. The lowest BCUT2D eigenvalue weighted by molar-refractivity contribution is 0.253. The fourth-order valence-electron chi connectivity index (χ4n) is 2.52. The van der Waals surface area contributed by atoms with Gasteiger partial charge < -0.3 is 5.73 Å². The summed E-state index contributed by atoms with van der Waals surface area (Å²) in [5.41, 5.74) is 7.06. The molecule has 2 N–H and O–H groups in total. The van der Waals surface area contributed by atoms with Crippen LogP contribution in [0.2, 0.25) is 0 Å². The highest BCUT2D eigenvalue weighted by Crippen LogP contribution is 2.30. The van der Waals surface area contributed by atoms with Gasteiger partial charge in [0.1, 0.15) is 0 Å². The molecule has 0 atom stereocenters. The summed E-state index contributed by atoms with van der Waals surface area (Å²) < 4.78 is 1.83. The summed E-state index contributed by atoms with van der Waals surface area (Å²) in [5.74, 6) is 0. The van der Waals surface area contributed by atoms with E-state index in [4.69, 9.17) is 5.73 Å². The van der Waals surface area contributed by atoms with Crippen LogP contribution in [0.3, 0.4) is 0 Å². The van der Waals surface area contributed by atoms with E-state index in [0.29, 0.717) is 12.0 Å². The fourth-order valence-corrected chi connectivity index (χ4v) is 2.52. The Morgan fingerprint density at radius 1 is 1.33 bits per heavy atom. The van der Waals surface area contributed by atoms with Crippen LogP contribution in [0.1, 0.15) is 38.8 Å². The normalized spacial score (nSPS) is 20.8. The summed E-state index contributed by atoms with van der Waals surface area (Å²) in [4.78, 5) is 2.49. The average molecular weight is 251 g/mol. The number of nitrogens with two attached hydrogens (primary N) is 1. The molecule has 0 spiro atoms. The van der Waals surface area contributed by atoms with Crippen LogP contribution in [0.4, 0.5) is 0 Å². The molecule has 5 nitrogen and oxygen atoms in total. The van der Waals surface area contributed by atoms with Crippen LogP contribution in [0.5, 0.6) is 0 Å². The van der Waals surface area contributed by atoms with E-state index >= 15 is 0 Å². The van der Waals surface area contributed by atoms with Crippen molar-refractivity contribution in [2.75, 3.05) is 19.6 Å². The summed E-state index contributed by atoms with van der Waals surface area (Å²) in [5, 5.41) is 8.30. The van der Waals surface area contributed by atoms with Gasteiger partial charge in [-0.15, -0.1) is 5.10 Å². The van der Waals surface area contributed by atoms with Crippen LogP contribution < -0.4 is 5.73 Å². The lowest BCUT2D eigenvalue weighted by Crippen LogP contribution is -2.25. The van der Waals surface area contributed by atoms with Crippen molar-refractivity contribution in [3.05, 3.63) is 11.9 Å². The highest BCUT2D eigenvalue weighted by Gasteiger charge is 2.23. The molecular formula is C13H25N5. The molecule has 0 amide bonds. The summed E-state index contributed by atoms with van der Waals surface area (Å²) in [6, 6.07) is 0. The van der Waals surface area contributed by atoms with E-state index in [-0.39, 0.29) is 0 Å². The lowest BCUT2D eigenvalue weighted by Gasteiger charge is -2.22. The van der Waals surface area contributed by atoms with Gasteiger partial charge in [-0.3, -0.25) is 9.58 Å². The summed E-state index contributed by atoms with van der Waals surface area (Å²) in [7, 11) is 0. The van der Waals surface area contributed by atoms with Gasteiger partial charge >= 0.3 is 0 Å². The zero-order chi connectivity index (χ0) is 13.0. The average Bonchev–Trinajstić information content (AvgIpc) is 2.66. The maximum Gasteiger partial charge on any atom is 0.0967 e. The van der Waals surface area contributed by atoms with Crippen LogP contribution in [-0.4, -0.2) is 39.5 Å². The van der Waals surface area contributed by atoms with E-state index in [1.54, 1.807) is 0 Å². The molecule has 0 saturated carbocycles. The minimum absolute atomic E-state index is 0.492. The molecule has 1 aromatic rings. The third-order valence-electron chi connectivity index (χ3n) is 3.76. The van der Waals surface area contributed by atoms with Crippen molar-refractivity contribution in [3.8, 4) is 0 Å². The van der Waals surface area contributed by atoms with Crippen LogP contribution in [0.25, 0.3) is 0 Å². The first-order chi connectivity index (χ1) is 8.59. The van der Waals surface area contributed by atoms with Gasteiger partial charge in [0.05, 0.1) is 12.2 Å². The SMILES string of the molecule is CC1(C)CCCN(Cc2cn(CCN)nn2)CC1. The van der Waals surface area contributed by atoms with Gasteiger partial charge in [-0.05, 0) is 37.8 Å². The molecule has 0 aromatic carbocycles. The molecule has 0 aliphatic carbocycles. The number of hydrogen-bond acceptors (Lipinski definition) is 4. The highest BCUT2D eigenvalue weighted by molar-refractivity contribution is 4.93. The van der Waals surface area contributed by atoms with E-state index in [1.165, 1.54) is 25.8 Å².